The molecule has 0 spiro atoms. The molecule has 4 heteroatoms. The van der Waals surface area contributed by atoms with Crippen molar-refractivity contribution in [2.45, 2.75) is 32.6 Å². The maximum atomic E-state index is 11.5. The normalized spacial score (nSPS) is 17.8. The molecule has 80 valence electrons. The summed E-state index contributed by atoms with van der Waals surface area (Å²) >= 11 is 0. The van der Waals surface area contributed by atoms with Crippen LogP contribution in [0.2, 0.25) is 0 Å². The Bertz CT molecular complexity index is 215. The Morgan fingerprint density at radius 3 is 2.93 bits per heavy atom. The van der Waals surface area contributed by atoms with E-state index in [0.29, 0.717) is 19.6 Å². The quantitative estimate of drug-likeness (QED) is 0.636. The number of hydrogen-bond acceptors (Lipinski definition) is 3. The smallest absolute Gasteiger partial charge is 0.302 e. The molecule has 0 saturated carbocycles. The number of carbonyl (C=O) groups is 2. The first kappa shape index (κ1) is 11.0. The van der Waals surface area contributed by atoms with Crippen LogP contribution < -0.4 is 0 Å². The van der Waals surface area contributed by atoms with Crippen LogP contribution in [-0.4, -0.2) is 36.5 Å². The van der Waals surface area contributed by atoms with Crippen LogP contribution in [0.5, 0.6) is 0 Å². The van der Waals surface area contributed by atoms with Gasteiger partial charge in [0.1, 0.15) is 6.61 Å². The summed E-state index contributed by atoms with van der Waals surface area (Å²) in [6, 6.07) is 0. The van der Waals surface area contributed by atoms with Gasteiger partial charge in [-0.3, -0.25) is 9.59 Å². The average Bonchev–Trinajstić information content (AvgIpc) is 2.31. The van der Waals surface area contributed by atoms with Crippen molar-refractivity contribution in [3.05, 3.63) is 0 Å². The van der Waals surface area contributed by atoms with Gasteiger partial charge in [-0.25, -0.2) is 0 Å². The predicted molar refractivity (Wildman–Crippen MR) is 51.7 cm³/mol. The molecule has 4 nitrogen and oxygen atoms in total. The lowest BCUT2D eigenvalue weighted by molar-refractivity contribution is -0.143. The summed E-state index contributed by atoms with van der Waals surface area (Å²) in [6.07, 6.45) is 3.81. The molecule has 0 atom stereocenters. The van der Waals surface area contributed by atoms with Crippen molar-refractivity contribution in [2.75, 3.05) is 19.7 Å². The number of ether oxygens (including phenoxy) is 1. The van der Waals surface area contributed by atoms with Gasteiger partial charge in [-0.05, 0) is 12.8 Å². The number of esters is 1. The summed E-state index contributed by atoms with van der Waals surface area (Å²) in [5.74, 6) is -0.0954. The first-order chi connectivity index (χ1) is 6.70. The second-order valence-electron chi connectivity index (χ2n) is 3.53. The molecule has 0 N–H and O–H groups in total. The fraction of sp³-hybridized carbons (Fsp3) is 0.800. The molecule has 0 aromatic heterocycles. The molecule has 1 aliphatic rings. The number of carbonyl (C=O) groups excluding carboxylic acids is 2. The van der Waals surface area contributed by atoms with Gasteiger partial charge in [0, 0.05) is 19.9 Å². The molecular weight excluding hydrogens is 182 g/mol. The van der Waals surface area contributed by atoms with Gasteiger partial charge in [-0.1, -0.05) is 6.42 Å². The van der Waals surface area contributed by atoms with Crippen LogP contribution in [0.1, 0.15) is 32.6 Å². The highest BCUT2D eigenvalue weighted by Gasteiger charge is 2.15. The minimum atomic E-state index is -0.285. The molecule has 0 radical (unpaired) electrons. The summed E-state index contributed by atoms with van der Waals surface area (Å²) in [7, 11) is 0. The summed E-state index contributed by atoms with van der Waals surface area (Å²) in [6.45, 7) is 3.05. The SMILES string of the molecule is CC(=O)OCCN1CCCCCC1=O. The zero-order valence-electron chi connectivity index (χ0n) is 8.62. The van der Waals surface area contributed by atoms with E-state index in [9.17, 15) is 9.59 Å². The number of amides is 1. The largest absolute Gasteiger partial charge is 0.464 e. The Balaban J connectivity index is 2.26. The van der Waals surface area contributed by atoms with E-state index in [4.69, 9.17) is 4.74 Å². The fourth-order valence-electron chi connectivity index (χ4n) is 1.57. The Labute approximate surface area is 84.2 Å². The Hall–Kier alpha value is -1.06. The van der Waals surface area contributed by atoms with Gasteiger partial charge in [0.15, 0.2) is 0 Å². The Kier molecular flexibility index (Phi) is 4.43. The molecule has 0 aliphatic carbocycles. The van der Waals surface area contributed by atoms with Crippen LogP contribution in [0.25, 0.3) is 0 Å². The van der Waals surface area contributed by atoms with E-state index in [1.54, 1.807) is 4.90 Å². The molecular formula is C10H17NO3. The fourth-order valence-corrected chi connectivity index (χ4v) is 1.57. The van der Waals surface area contributed by atoms with Crippen molar-refractivity contribution in [3.8, 4) is 0 Å². The minimum Gasteiger partial charge on any atom is -0.464 e. The first-order valence-corrected chi connectivity index (χ1v) is 5.11. The van der Waals surface area contributed by atoms with Crippen LogP contribution in [0.4, 0.5) is 0 Å². The van der Waals surface area contributed by atoms with Crippen molar-refractivity contribution in [1.29, 1.82) is 0 Å². The van der Waals surface area contributed by atoms with Crippen molar-refractivity contribution in [2.24, 2.45) is 0 Å². The topological polar surface area (TPSA) is 46.6 Å². The van der Waals surface area contributed by atoms with Crippen molar-refractivity contribution in [3.63, 3.8) is 0 Å². The van der Waals surface area contributed by atoms with E-state index < -0.39 is 0 Å². The van der Waals surface area contributed by atoms with Gasteiger partial charge in [-0.2, -0.15) is 0 Å². The molecule has 0 aromatic rings. The Morgan fingerprint density at radius 1 is 1.43 bits per heavy atom. The zero-order chi connectivity index (χ0) is 10.4. The van der Waals surface area contributed by atoms with Crippen LogP contribution in [0.3, 0.4) is 0 Å². The van der Waals surface area contributed by atoms with Gasteiger partial charge in [-0.15, -0.1) is 0 Å². The molecule has 14 heavy (non-hydrogen) atoms. The lowest BCUT2D eigenvalue weighted by Gasteiger charge is -2.19. The van der Waals surface area contributed by atoms with Crippen LogP contribution >= 0.6 is 0 Å². The average molecular weight is 199 g/mol. The monoisotopic (exact) mass is 199 g/mol. The summed E-state index contributed by atoms with van der Waals surface area (Å²) in [5, 5.41) is 0. The van der Waals surface area contributed by atoms with Gasteiger partial charge in [0.05, 0.1) is 6.54 Å². The third-order valence-electron chi connectivity index (χ3n) is 2.34. The van der Waals surface area contributed by atoms with Gasteiger partial charge in [0.2, 0.25) is 5.91 Å². The highest BCUT2D eigenvalue weighted by molar-refractivity contribution is 5.76. The molecule has 0 bridgehead atoms. The van der Waals surface area contributed by atoms with Crippen LogP contribution in [0, 0.1) is 0 Å². The molecule has 1 saturated heterocycles. The zero-order valence-corrected chi connectivity index (χ0v) is 8.62. The number of nitrogens with zero attached hydrogens (tertiary/aromatic N) is 1. The molecule has 1 rings (SSSR count). The number of hydrogen-bond donors (Lipinski definition) is 0. The molecule has 1 heterocycles. The van der Waals surface area contributed by atoms with Gasteiger partial charge in [0.25, 0.3) is 0 Å². The molecule has 1 amide bonds. The third-order valence-corrected chi connectivity index (χ3v) is 2.34. The van der Waals surface area contributed by atoms with E-state index in [2.05, 4.69) is 0 Å². The number of rotatable bonds is 3. The second kappa shape index (κ2) is 5.62. The van der Waals surface area contributed by atoms with Crippen LogP contribution in [-0.2, 0) is 14.3 Å². The molecule has 0 unspecified atom stereocenters. The summed E-state index contributed by atoms with van der Waals surface area (Å²) < 4.78 is 4.80. The third kappa shape index (κ3) is 3.77. The molecule has 1 aliphatic heterocycles. The molecule has 0 aromatic carbocycles. The first-order valence-electron chi connectivity index (χ1n) is 5.11. The minimum absolute atomic E-state index is 0.189. The van der Waals surface area contributed by atoms with Gasteiger partial charge >= 0.3 is 5.97 Å². The highest BCUT2D eigenvalue weighted by atomic mass is 16.5. The maximum absolute atomic E-state index is 11.5. The van der Waals surface area contributed by atoms with Crippen molar-refractivity contribution >= 4 is 11.9 Å². The van der Waals surface area contributed by atoms with E-state index in [1.165, 1.54) is 6.92 Å². The summed E-state index contributed by atoms with van der Waals surface area (Å²) in [4.78, 5) is 23.8. The van der Waals surface area contributed by atoms with E-state index in [0.717, 1.165) is 25.8 Å². The van der Waals surface area contributed by atoms with E-state index in [-0.39, 0.29) is 11.9 Å². The van der Waals surface area contributed by atoms with Crippen LogP contribution in [0.15, 0.2) is 0 Å². The lowest BCUT2D eigenvalue weighted by atomic mass is 10.2. The standard InChI is InChI=1S/C10H17NO3/c1-9(12)14-8-7-11-6-4-2-3-5-10(11)13/h2-8H2,1H3. The lowest BCUT2D eigenvalue weighted by Crippen LogP contribution is -2.33. The second-order valence-corrected chi connectivity index (χ2v) is 3.53. The highest BCUT2D eigenvalue weighted by Crippen LogP contribution is 2.10. The van der Waals surface area contributed by atoms with Gasteiger partial charge < -0.3 is 9.64 Å². The van der Waals surface area contributed by atoms with E-state index in [1.807, 2.05) is 0 Å². The summed E-state index contributed by atoms with van der Waals surface area (Å²) in [5.41, 5.74) is 0. The Morgan fingerprint density at radius 2 is 2.21 bits per heavy atom. The van der Waals surface area contributed by atoms with Crippen molar-refractivity contribution < 1.29 is 14.3 Å². The molecule has 1 fully saturated rings. The van der Waals surface area contributed by atoms with E-state index >= 15 is 0 Å². The predicted octanol–water partition coefficient (Wildman–Crippen LogP) is 0.952. The van der Waals surface area contributed by atoms with Crippen molar-refractivity contribution in [1.82, 2.24) is 4.90 Å². The maximum Gasteiger partial charge on any atom is 0.302 e. The number of likely N-dealkylation sites (tertiary alicyclic amines) is 1.